The second kappa shape index (κ2) is 7.40. The number of anilines is 1. The van der Waals surface area contributed by atoms with Crippen molar-refractivity contribution in [2.24, 2.45) is 0 Å². The Bertz CT molecular complexity index is 1160. The normalized spacial score (nSPS) is 19.7. The molecule has 1 atom stereocenters. The summed E-state index contributed by atoms with van der Waals surface area (Å²) in [5.41, 5.74) is 0.177. The molecular formula is C25H20N2O4. The van der Waals surface area contributed by atoms with E-state index in [0.29, 0.717) is 17.0 Å². The highest BCUT2D eigenvalue weighted by Crippen LogP contribution is 2.45. The van der Waals surface area contributed by atoms with Crippen LogP contribution in [0.4, 0.5) is 5.69 Å². The Morgan fingerprint density at radius 2 is 1.52 bits per heavy atom. The van der Waals surface area contributed by atoms with Crippen molar-refractivity contribution < 1.29 is 19.1 Å². The molecular weight excluding hydrogens is 392 g/mol. The lowest BCUT2D eigenvalue weighted by Gasteiger charge is -2.48. The molecule has 2 aliphatic rings. The molecule has 1 saturated heterocycles. The molecule has 0 N–H and O–H groups in total. The molecule has 2 heterocycles. The summed E-state index contributed by atoms with van der Waals surface area (Å²) in [4.78, 5) is 43.2. The lowest BCUT2D eigenvalue weighted by Crippen LogP contribution is -2.68. The fourth-order valence-electron chi connectivity index (χ4n) is 4.41. The molecule has 0 saturated carbocycles. The molecule has 6 heteroatoms. The maximum absolute atomic E-state index is 13.7. The molecule has 0 bridgehead atoms. The number of hydrogen-bond donors (Lipinski definition) is 0. The monoisotopic (exact) mass is 412 g/mol. The van der Waals surface area contributed by atoms with Gasteiger partial charge in [0.15, 0.2) is 0 Å². The molecule has 6 nitrogen and oxygen atoms in total. The SMILES string of the molecule is O=C1c2ccccc2N2C(=O)CCC2(C(=O)Oc2ccccc2)N1Cc1ccccc1. The van der Waals surface area contributed by atoms with Gasteiger partial charge in [-0.05, 0) is 29.8 Å². The highest BCUT2D eigenvalue weighted by molar-refractivity contribution is 6.15. The van der Waals surface area contributed by atoms with Gasteiger partial charge in [-0.25, -0.2) is 4.79 Å². The average Bonchev–Trinajstić information content (AvgIpc) is 3.16. The summed E-state index contributed by atoms with van der Waals surface area (Å²) in [6.45, 7) is 0.182. The Labute approximate surface area is 179 Å². The fraction of sp³-hybridized carbons (Fsp3) is 0.160. The van der Waals surface area contributed by atoms with Crippen molar-refractivity contribution in [3.63, 3.8) is 0 Å². The first-order chi connectivity index (χ1) is 15.1. The molecule has 0 spiro atoms. The maximum Gasteiger partial charge on any atom is 0.359 e. The molecule has 5 rings (SSSR count). The number of carbonyl (C=O) groups excluding carboxylic acids is 3. The van der Waals surface area contributed by atoms with Crippen LogP contribution in [0, 0.1) is 0 Å². The number of nitrogens with zero attached hydrogens (tertiary/aromatic N) is 2. The second-order valence-corrected chi connectivity index (χ2v) is 7.64. The number of fused-ring (bicyclic) bond motifs is 3. The Balaban J connectivity index is 1.66. The predicted octanol–water partition coefficient (Wildman–Crippen LogP) is 3.77. The molecule has 1 unspecified atom stereocenters. The van der Waals surface area contributed by atoms with Crippen molar-refractivity contribution in [1.82, 2.24) is 4.90 Å². The Morgan fingerprint density at radius 3 is 2.26 bits per heavy atom. The zero-order valence-electron chi connectivity index (χ0n) is 16.7. The van der Waals surface area contributed by atoms with E-state index in [1.807, 2.05) is 36.4 Å². The van der Waals surface area contributed by atoms with Gasteiger partial charge in [-0.3, -0.25) is 14.5 Å². The van der Waals surface area contributed by atoms with Crippen LogP contribution < -0.4 is 9.64 Å². The van der Waals surface area contributed by atoms with E-state index in [1.54, 1.807) is 48.5 Å². The molecule has 2 aliphatic heterocycles. The standard InChI is InChI=1S/C25H20N2O4/c28-22-15-16-25(24(30)31-19-11-5-2-6-12-19)26(17-18-9-3-1-4-10-18)23(29)20-13-7-8-14-21(20)27(22)25/h1-14H,15-17H2. The van der Waals surface area contributed by atoms with Crippen LogP contribution in [0.25, 0.3) is 0 Å². The topological polar surface area (TPSA) is 66.9 Å². The minimum Gasteiger partial charge on any atom is -0.423 e. The van der Waals surface area contributed by atoms with Crippen molar-refractivity contribution in [1.29, 1.82) is 0 Å². The summed E-state index contributed by atoms with van der Waals surface area (Å²) in [5, 5.41) is 0. The number of hydrogen-bond acceptors (Lipinski definition) is 4. The third kappa shape index (κ3) is 2.99. The van der Waals surface area contributed by atoms with Crippen molar-refractivity contribution in [3.05, 3.63) is 96.1 Å². The van der Waals surface area contributed by atoms with Crippen LogP contribution in [0.1, 0.15) is 28.8 Å². The largest absolute Gasteiger partial charge is 0.423 e. The molecule has 1 fully saturated rings. The van der Waals surface area contributed by atoms with Crippen LogP contribution in [0.5, 0.6) is 5.75 Å². The van der Waals surface area contributed by atoms with Gasteiger partial charge >= 0.3 is 5.97 Å². The number of amides is 2. The van der Waals surface area contributed by atoms with E-state index in [9.17, 15) is 14.4 Å². The molecule has 3 aromatic carbocycles. The minimum atomic E-state index is -1.53. The van der Waals surface area contributed by atoms with E-state index in [1.165, 1.54) is 9.80 Å². The summed E-state index contributed by atoms with van der Waals surface area (Å²) in [5.74, 6) is -0.770. The quantitative estimate of drug-likeness (QED) is 0.483. The van der Waals surface area contributed by atoms with E-state index in [2.05, 4.69) is 0 Å². The number of carbonyl (C=O) groups is 3. The lowest BCUT2D eigenvalue weighted by molar-refractivity contribution is -0.148. The Hall–Kier alpha value is -3.93. The first kappa shape index (κ1) is 19.1. The van der Waals surface area contributed by atoms with Gasteiger partial charge in [-0.1, -0.05) is 60.7 Å². The smallest absolute Gasteiger partial charge is 0.359 e. The summed E-state index contributed by atoms with van der Waals surface area (Å²) >= 11 is 0. The minimum absolute atomic E-state index is 0.150. The zero-order valence-corrected chi connectivity index (χ0v) is 16.7. The van der Waals surface area contributed by atoms with Crippen LogP contribution in [0.3, 0.4) is 0 Å². The van der Waals surface area contributed by atoms with Crippen molar-refractivity contribution in [3.8, 4) is 5.75 Å². The second-order valence-electron chi connectivity index (χ2n) is 7.64. The van der Waals surface area contributed by atoms with Gasteiger partial charge in [0, 0.05) is 19.4 Å². The van der Waals surface area contributed by atoms with Gasteiger partial charge < -0.3 is 9.64 Å². The van der Waals surface area contributed by atoms with Crippen LogP contribution in [-0.2, 0) is 16.1 Å². The first-order valence-electron chi connectivity index (χ1n) is 10.2. The van der Waals surface area contributed by atoms with Gasteiger partial charge in [0.1, 0.15) is 5.75 Å². The molecule has 0 aromatic heterocycles. The van der Waals surface area contributed by atoms with Crippen LogP contribution in [0.15, 0.2) is 84.9 Å². The summed E-state index contributed by atoms with van der Waals surface area (Å²) in [6.07, 6.45) is 0.321. The van der Waals surface area contributed by atoms with E-state index in [0.717, 1.165) is 5.56 Å². The van der Waals surface area contributed by atoms with E-state index in [4.69, 9.17) is 4.74 Å². The third-order valence-corrected chi connectivity index (χ3v) is 5.84. The first-order valence-corrected chi connectivity index (χ1v) is 10.2. The maximum atomic E-state index is 13.7. The molecule has 0 radical (unpaired) electrons. The van der Waals surface area contributed by atoms with Crippen molar-refractivity contribution in [2.75, 3.05) is 4.90 Å². The molecule has 154 valence electrons. The molecule has 0 aliphatic carbocycles. The number of rotatable bonds is 4. The highest BCUT2D eigenvalue weighted by Gasteiger charge is 2.62. The highest BCUT2D eigenvalue weighted by atomic mass is 16.5. The molecule has 31 heavy (non-hydrogen) atoms. The van der Waals surface area contributed by atoms with Crippen molar-refractivity contribution >= 4 is 23.5 Å². The number of esters is 1. The summed E-state index contributed by atoms with van der Waals surface area (Å²) in [6, 6.07) is 25.1. The lowest BCUT2D eigenvalue weighted by atomic mass is 9.95. The van der Waals surface area contributed by atoms with E-state index in [-0.39, 0.29) is 31.2 Å². The fourth-order valence-corrected chi connectivity index (χ4v) is 4.41. The van der Waals surface area contributed by atoms with Gasteiger partial charge in [-0.2, -0.15) is 0 Å². The van der Waals surface area contributed by atoms with E-state index >= 15 is 0 Å². The zero-order chi connectivity index (χ0) is 21.4. The average molecular weight is 412 g/mol. The van der Waals surface area contributed by atoms with E-state index < -0.39 is 11.6 Å². The number of benzene rings is 3. The summed E-state index contributed by atoms with van der Waals surface area (Å²) < 4.78 is 5.71. The van der Waals surface area contributed by atoms with Gasteiger partial charge in [0.05, 0.1) is 11.3 Å². The van der Waals surface area contributed by atoms with Crippen LogP contribution >= 0.6 is 0 Å². The molecule has 2 amide bonds. The third-order valence-electron chi connectivity index (χ3n) is 5.84. The van der Waals surface area contributed by atoms with Gasteiger partial charge in [0.2, 0.25) is 11.6 Å². The summed E-state index contributed by atoms with van der Waals surface area (Å²) in [7, 11) is 0. The van der Waals surface area contributed by atoms with Gasteiger partial charge in [-0.15, -0.1) is 0 Å². The Morgan fingerprint density at radius 1 is 0.871 bits per heavy atom. The van der Waals surface area contributed by atoms with Gasteiger partial charge in [0.25, 0.3) is 5.91 Å². The molecule has 3 aromatic rings. The Kier molecular flexibility index (Phi) is 4.55. The number of para-hydroxylation sites is 2. The van der Waals surface area contributed by atoms with Crippen molar-refractivity contribution in [2.45, 2.75) is 25.0 Å². The number of ether oxygens (including phenoxy) is 1. The van der Waals surface area contributed by atoms with Crippen LogP contribution in [-0.4, -0.2) is 28.3 Å². The van der Waals surface area contributed by atoms with Crippen LogP contribution in [0.2, 0.25) is 0 Å². The predicted molar refractivity (Wildman–Crippen MR) is 114 cm³/mol.